The molecule has 0 saturated carbocycles. The summed E-state index contributed by atoms with van der Waals surface area (Å²) in [5.41, 5.74) is 16.8. The zero-order valence-electron chi connectivity index (χ0n) is 13.5. The van der Waals surface area contributed by atoms with Crippen molar-refractivity contribution in [3.8, 4) is 11.1 Å². The van der Waals surface area contributed by atoms with Crippen molar-refractivity contribution in [3.05, 3.63) is 59.7 Å². The average Bonchev–Trinajstić information content (AvgIpc) is 2.87. The Bertz CT molecular complexity index is 638. The number of nitrogens with two attached hydrogens (primary N) is 2. The molecule has 0 heterocycles. The lowest BCUT2D eigenvalue weighted by Crippen LogP contribution is -2.64. The van der Waals surface area contributed by atoms with Crippen LogP contribution in [0.5, 0.6) is 0 Å². The molecule has 122 valence electrons. The zero-order valence-corrected chi connectivity index (χ0v) is 13.5. The van der Waals surface area contributed by atoms with Crippen LogP contribution in [0.2, 0.25) is 0 Å². The van der Waals surface area contributed by atoms with Crippen molar-refractivity contribution in [2.24, 2.45) is 11.5 Å². The third kappa shape index (κ3) is 3.16. The highest BCUT2D eigenvalue weighted by molar-refractivity contribution is 5.78. The van der Waals surface area contributed by atoms with Crippen LogP contribution in [0, 0.1) is 0 Å². The van der Waals surface area contributed by atoms with Crippen molar-refractivity contribution in [1.82, 2.24) is 5.32 Å². The van der Waals surface area contributed by atoms with E-state index >= 15 is 0 Å². The van der Waals surface area contributed by atoms with Gasteiger partial charge in [-0.05, 0) is 35.1 Å². The van der Waals surface area contributed by atoms with Crippen molar-refractivity contribution < 1.29 is 5.11 Å². The summed E-state index contributed by atoms with van der Waals surface area (Å²) in [5.74, 6) is -1.22. The minimum absolute atomic E-state index is 0.157. The van der Waals surface area contributed by atoms with Gasteiger partial charge in [-0.2, -0.15) is 0 Å². The first-order chi connectivity index (χ1) is 11.0. The molecule has 0 amide bonds. The van der Waals surface area contributed by atoms with Crippen LogP contribution in [-0.2, 0) is 0 Å². The van der Waals surface area contributed by atoms with Crippen molar-refractivity contribution in [2.75, 3.05) is 0 Å². The molecule has 1 aliphatic carbocycles. The fraction of sp³-hybridized carbons (Fsp3) is 0.368. The van der Waals surface area contributed by atoms with Gasteiger partial charge in [-0.1, -0.05) is 61.9 Å². The van der Waals surface area contributed by atoms with E-state index in [-0.39, 0.29) is 5.92 Å². The van der Waals surface area contributed by atoms with E-state index in [1.54, 1.807) is 0 Å². The van der Waals surface area contributed by atoms with Gasteiger partial charge in [-0.3, -0.25) is 5.32 Å². The summed E-state index contributed by atoms with van der Waals surface area (Å²) in [5, 5.41) is 13.8. The van der Waals surface area contributed by atoms with Crippen molar-refractivity contribution >= 4 is 0 Å². The van der Waals surface area contributed by atoms with Crippen molar-refractivity contribution in [2.45, 2.75) is 44.1 Å². The molecule has 2 aromatic rings. The van der Waals surface area contributed by atoms with Gasteiger partial charge in [0.1, 0.15) is 12.0 Å². The van der Waals surface area contributed by atoms with E-state index in [1.165, 1.54) is 11.1 Å². The fourth-order valence-electron chi connectivity index (χ4n) is 3.43. The summed E-state index contributed by atoms with van der Waals surface area (Å²) >= 11 is 0. The van der Waals surface area contributed by atoms with Crippen LogP contribution in [0.4, 0.5) is 0 Å². The molecular formula is C19H25N3O. The Kier molecular flexibility index (Phi) is 4.50. The van der Waals surface area contributed by atoms with Gasteiger partial charge in [-0.25, -0.2) is 0 Å². The smallest absolute Gasteiger partial charge is 0.120 e. The highest BCUT2D eigenvalue weighted by Gasteiger charge is 2.35. The maximum absolute atomic E-state index is 10.8. The van der Waals surface area contributed by atoms with Crippen LogP contribution in [0.15, 0.2) is 48.5 Å². The maximum atomic E-state index is 10.8. The lowest BCUT2D eigenvalue weighted by molar-refractivity contribution is 0.0760. The van der Waals surface area contributed by atoms with E-state index in [1.807, 2.05) is 24.3 Å². The van der Waals surface area contributed by atoms with Crippen LogP contribution < -0.4 is 16.8 Å². The number of hydrogen-bond acceptors (Lipinski definition) is 4. The molecule has 0 radical (unpaired) electrons. The van der Waals surface area contributed by atoms with Gasteiger partial charge in [0.05, 0.1) is 0 Å². The normalized spacial score (nSPS) is 15.3. The number of aliphatic hydroxyl groups excluding tert-OH is 1. The number of nitrogens with one attached hydrogen (secondary N) is 1. The minimum Gasteiger partial charge on any atom is -0.378 e. The second kappa shape index (κ2) is 6.42. The molecule has 6 N–H and O–H groups in total. The van der Waals surface area contributed by atoms with E-state index in [0.717, 1.165) is 24.0 Å². The SMILES string of the molecule is CCCCC(N)(N)NC(O)C1c2ccccc2-c2ccccc21. The van der Waals surface area contributed by atoms with E-state index in [2.05, 4.69) is 36.5 Å². The summed E-state index contributed by atoms with van der Waals surface area (Å²) in [6.07, 6.45) is 1.73. The topological polar surface area (TPSA) is 84.3 Å². The third-order valence-corrected chi connectivity index (χ3v) is 4.56. The van der Waals surface area contributed by atoms with E-state index in [9.17, 15) is 5.11 Å². The highest BCUT2D eigenvalue weighted by Crippen LogP contribution is 2.45. The second-order valence-electron chi connectivity index (χ2n) is 6.39. The number of fused-ring (bicyclic) bond motifs is 3. The van der Waals surface area contributed by atoms with Crippen molar-refractivity contribution in [3.63, 3.8) is 0 Å². The number of unbranched alkanes of at least 4 members (excludes halogenated alkanes) is 1. The minimum atomic E-state index is -1.07. The highest BCUT2D eigenvalue weighted by atomic mass is 16.3. The molecule has 0 spiro atoms. The van der Waals surface area contributed by atoms with Gasteiger partial charge in [0, 0.05) is 5.92 Å². The summed E-state index contributed by atoms with van der Waals surface area (Å²) in [6, 6.07) is 16.4. The Labute approximate surface area is 137 Å². The summed E-state index contributed by atoms with van der Waals surface area (Å²) < 4.78 is 0. The van der Waals surface area contributed by atoms with Gasteiger partial charge < -0.3 is 16.6 Å². The van der Waals surface area contributed by atoms with E-state index < -0.39 is 12.0 Å². The number of benzene rings is 2. The van der Waals surface area contributed by atoms with E-state index in [4.69, 9.17) is 11.5 Å². The average molecular weight is 311 g/mol. The summed E-state index contributed by atoms with van der Waals surface area (Å²) in [4.78, 5) is 0. The molecule has 1 unspecified atom stereocenters. The summed E-state index contributed by atoms with van der Waals surface area (Å²) in [7, 11) is 0. The standard InChI is InChI=1S/C19H25N3O/c1-2-3-12-19(20,21)22-18(23)17-15-10-6-4-8-13(15)14-9-5-7-11-16(14)17/h4-11,17-18,22-23H,2-3,12,20-21H2,1H3. The molecular weight excluding hydrogens is 286 g/mol. The number of aliphatic hydroxyl groups is 1. The van der Waals surface area contributed by atoms with Crippen molar-refractivity contribution in [1.29, 1.82) is 0 Å². The van der Waals surface area contributed by atoms with Crippen LogP contribution >= 0.6 is 0 Å². The van der Waals surface area contributed by atoms with Crippen LogP contribution in [0.1, 0.15) is 43.2 Å². The Morgan fingerprint density at radius 3 is 2.09 bits per heavy atom. The molecule has 0 aliphatic heterocycles. The largest absolute Gasteiger partial charge is 0.378 e. The Hall–Kier alpha value is -1.72. The molecule has 0 fully saturated rings. The van der Waals surface area contributed by atoms with E-state index in [0.29, 0.717) is 6.42 Å². The lowest BCUT2D eigenvalue weighted by Gasteiger charge is -2.32. The maximum Gasteiger partial charge on any atom is 0.120 e. The molecule has 3 rings (SSSR count). The van der Waals surface area contributed by atoms with Crippen LogP contribution in [0.3, 0.4) is 0 Å². The molecule has 2 aromatic carbocycles. The molecule has 1 atom stereocenters. The first-order valence-electron chi connectivity index (χ1n) is 8.25. The van der Waals surface area contributed by atoms with Crippen LogP contribution in [0.25, 0.3) is 11.1 Å². The molecule has 0 saturated heterocycles. The van der Waals surface area contributed by atoms with Gasteiger partial charge >= 0.3 is 0 Å². The number of rotatable bonds is 6. The quantitative estimate of drug-likeness (QED) is 0.618. The molecule has 4 heteroatoms. The van der Waals surface area contributed by atoms with Gasteiger partial charge in [0.15, 0.2) is 0 Å². The lowest BCUT2D eigenvalue weighted by atomic mass is 9.94. The second-order valence-corrected chi connectivity index (χ2v) is 6.39. The monoisotopic (exact) mass is 311 g/mol. The number of hydrogen-bond donors (Lipinski definition) is 4. The molecule has 4 nitrogen and oxygen atoms in total. The molecule has 23 heavy (non-hydrogen) atoms. The van der Waals surface area contributed by atoms with Gasteiger partial charge in [0.2, 0.25) is 0 Å². The first-order valence-corrected chi connectivity index (χ1v) is 8.25. The molecule has 0 bridgehead atoms. The summed E-state index contributed by atoms with van der Waals surface area (Å²) in [6.45, 7) is 2.09. The Morgan fingerprint density at radius 1 is 1.04 bits per heavy atom. The molecule has 0 aromatic heterocycles. The Morgan fingerprint density at radius 2 is 1.57 bits per heavy atom. The predicted octanol–water partition coefficient (Wildman–Crippen LogP) is 2.47. The van der Waals surface area contributed by atoms with Gasteiger partial charge in [-0.15, -0.1) is 0 Å². The predicted molar refractivity (Wildman–Crippen MR) is 93.5 cm³/mol. The fourth-order valence-corrected chi connectivity index (χ4v) is 3.43. The van der Waals surface area contributed by atoms with Gasteiger partial charge in [0.25, 0.3) is 0 Å². The zero-order chi connectivity index (χ0) is 16.4. The van der Waals surface area contributed by atoms with Crippen LogP contribution in [-0.4, -0.2) is 17.1 Å². The third-order valence-electron chi connectivity index (χ3n) is 4.56. The Balaban J connectivity index is 1.90. The first kappa shape index (κ1) is 16.1. The molecule has 1 aliphatic rings.